The van der Waals surface area contributed by atoms with Gasteiger partial charge in [-0.3, -0.25) is 0 Å². The second kappa shape index (κ2) is 6.51. The number of nitrogens with one attached hydrogen (secondary N) is 3. The Morgan fingerprint density at radius 3 is 2.62 bits per heavy atom. The highest BCUT2D eigenvalue weighted by Gasteiger charge is 2.20. The number of rotatable bonds is 3. The highest BCUT2D eigenvalue weighted by atomic mass is 35.5. The van der Waals surface area contributed by atoms with Crippen LogP contribution in [0.2, 0.25) is 10.0 Å². The molecule has 126 valence electrons. The van der Waals surface area contributed by atoms with E-state index < -0.39 is 16.1 Å². The van der Waals surface area contributed by atoms with Crippen LogP contribution >= 0.6 is 23.2 Å². The number of fused-ring (bicyclic) bond motifs is 1. The molecule has 0 saturated heterocycles. The number of carbonyl (C=O) groups is 1. The molecule has 2 aromatic carbocycles. The Labute approximate surface area is 149 Å². The van der Waals surface area contributed by atoms with Crippen molar-refractivity contribution in [2.24, 2.45) is 0 Å². The molecule has 0 aromatic heterocycles. The molecule has 6 nitrogen and oxygen atoms in total. The van der Waals surface area contributed by atoms with Crippen molar-refractivity contribution in [2.75, 3.05) is 17.2 Å². The van der Waals surface area contributed by atoms with Gasteiger partial charge in [-0.25, -0.2) is 17.9 Å². The Morgan fingerprint density at radius 1 is 1.08 bits per heavy atom. The molecule has 0 radical (unpaired) electrons. The Kier molecular flexibility index (Phi) is 4.58. The van der Waals surface area contributed by atoms with Crippen LogP contribution in [0.25, 0.3) is 0 Å². The van der Waals surface area contributed by atoms with Gasteiger partial charge < -0.3 is 10.6 Å². The van der Waals surface area contributed by atoms with Crippen molar-refractivity contribution >= 4 is 50.6 Å². The van der Waals surface area contributed by atoms with Crippen LogP contribution in [0.3, 0.4) is 0 Å². The molecular weight excluding hydrogens is 373 g/mol. The van der Waals surface area contributed by atoms with Gasteiger partial charge in [-0.1, -0.05) is 23.2 Å². The Morgan fingerprint density at radius 2 is 1.88 bits per heavy atom. The minimum atomic E-state index is -3.97. The van der Waals surface area contributed by atoms with Crippen LogP contribution in [-0.4, -0.2) is 21.0 Å². The van der Waals surface area contributed by atoms with Gasteiger partial charge >= 0.3 is 6.03 Å². The maximum Gasteiger partial charge on any atom is 0.333 e. The van der Waals surface area contributed by atoms with E-state index in [1.807, 2.05) is 4.72 Å². The van der Waals surface area contributed by atoms with Gasteiger partial charge in [0.25, 0.3) is 10.0 Å². The molecule has 0 saturated carbocycles. The minimum absolute atomic E-state index is 0.0363. The largest absolute Gasteiger partial charge is 0.384 e. The third kappa shape index (κ3) is 3.58. The second-order valence-corrected chi connectivity index (χ2v) is 7.68. The van der Waals surface area contributed by atoms with Gasteiger partial charge in [-0.05, 0) is 48.4 Å². The first-order chi connectivity index (χ1) is 11.3. The summed E-state index contributed by atoms with van der Waals surface area (Å²) in [6.45, 7) is 0.768. The van der Waals surface area contributed by atoms with E-state index in [0.717, 1.165) is 24.2 Å². The SMILES string of the molecule is O=C(Nc1ccc(Cl)c(Cl)c1)NS(=O)(=O)c1ccc2c(c1)CCN2. The van der Waals surface area contributed by atoms with E-state index in [4.69, 9.17) is 23.2 Å². The summed E-state index contributed by atoms with van der Waals surface area (Å²) in [5, 5.41) is 6.14. The molecule has 0 aliphatic carbocycles. The summed E-state index contributed by atoms with van der Waals surface area (Å²) in [6.07, 6.45) is 0.744. The number of urea groups is 1. The van der Waals surface area contributed by atoms with Crippen LogP contribution in [-0.2, 0) is 16.4 Å². The molecular formula is C15H13Cl2N3O3S. The van der Waals surface area contributed by atoms with Crippen molar-refractivity contribution < 1.29 is 13.2 Å². The monoisotopic (exact) mass is 385 g/mol. The summed E-state index contributed by atoms with van der Waals surface area (Å²) >= 11 is 11.6. The van der Waals surface area contributed by atoms with E-state index in [9.17, 15) is 13.2 Å². The zero-order valence-electron chi connectivity index (χ0n) is 12.3. The maximum atomic E-state index is 12.3. The van der Waals surface area contributed by atoms with E-state index in [0.29, 0.717) is 10.7 Å². The number of sulfonamides is 1. The van der Waals surface area contributed by atoms with Gasteiger partial charge in [0, 0.05) is 17.9 Å². The smallest absolute Gasteiger partial charge is 0.333 e. The van der Waals surface area contributed by atoms with E-state index in [1.54, 1.807) is 12.1 Å². The summed E-state index contributed by atoms with van der Waals surface area (Å²) in [5.41, 5.74) is 2.15. The quantitative estimate of drug-likeness (QED) is 0.754. The van der Waals surface area contributed by atoms with Gasteiger partial charge in [0.1, 0.15) is 0 Å². The van der Waals surface area contributed by atoms with Gasteiger partial charge in [0.15, 0.2) is 0 Å². The molecule has 0 fully saturated rings. The zero-order valence-corrected chi connectivity index (χ0v) is 14.6. The van der Waals surface area contributed by atoms with Crippen molar-refractivity contribution in [3.8, 4) is 0 Å². The van der Waals surface area contributed by atoms with Crippen LogP contribution in [0.15, 0.2) is 41.3 Å². The lowest BCUT2D eigenvalue weighted by Gasteiger charge is -2.10. The van der Waals surface area contributed by atoms with Crippen LogP contribution in [0, 0.1) is 0 Å². The predicted molar refractivity (Wildman–Crippen MR) is 94.4 cm³/mol. The lowest BCUT2D eigenvalue weighted by molar-refractivity contribution is 0.256. The van der Waals surface area contributed by atoms with E-state index in [2.05, 4.69) is 10.6 Å². The average molecular weight is 386 g/mol. The third-order valence-electron chi connectivity index (χ3n) is 3.50. The molecule has 3 rings (SSSR count). The number of halogens is 2. The molecule has 9 heteroatoms. The molecule has 0 bridgehead atoms. The third-order valence-corrected chi connectivity index (χ3v) is 5.57. The normalized spacial score (nSPS) is 13.1. The molecule has 1 aliphatic heterocycles. The Balaban J connectivity index is 1.74. The molecule has 0 unspecified atom stereocenters. The van der Waals surface area contributed by atoms with Crippen LogP contribution in [0.5, 0.6) is 0 Å². The van der Waals surface area contributed by atoms with Crippen LogP contribution in [0.4, 0.5) is 16.2 Å². The number of hydrogen-bond acceptors (Lipinski definition) is 4. The standard InChI is InChI=1S/C15H13Cl2N3O3S/c16-12-3-1-10(8-13(12)17)19-15(21)20-24(22,23)11-2-4-14-9(7-11)5-6-18-14/h1-4,7-8,18H,5-6H2,(H2,19,20,21). The van der Waals surface area contributed by atoms with Crippen molar-refractivity contribution in [2.45, 2.75) is 11.3 Å². The maximum absolute atomic E-state index is 12.3. The first-order valence-electron chi connectivity index (χ1n) is 7.01. The molecule has 0 spiro atoms. The number of carbonyl (C=O) groups excluding carboxylic acids is 1. The summed E-state index contributed by atoms with van der Waals surface area (Å²) in [7, 11) is -3.97. The number of benzene rings is 2. The number of amides is 2. The minimum Gasteiger partial charge on any atom is -0.384 e. The van der Waals surface area contributed by atoms with Gasteiger partial charge in [0.05, 0.1) is 14.9 Å². The molecule has 1 aliphatic rings. The van der Waals surface area contributed by atoms with Gasteiger partial charge in [0.2, 0.25) is 0 Å². The molecule has 1 heterocycles. The van der Waals surface area contributed by atoms with Crippen molar-refractivity contribution in [1.29, 1.82) is 0 Å². The highest BCUT2D eigenvalue weighted by molar-refractivity contribution is 7.90. The van der Waals surface area contributed by atoms with Crippen molar-refractivity contribution in [3.05, 3.63) is 52.0 Å². The van der Waals surface area contributed by atoms with Crippen molar-refractivity contribution in [1.82, 2.24) is 4.72 Å². The second-order valence-electron chi connectivity index (χ2n) is 5.18. The lowest BCUT2D eigenvalue weighted by Crippen LogP contribution is -2.34. The average Bonchev–Trinajstić information content (AvgIpc) is 2.98. The molecule has 0 atom stereocenters. The predicted octanol–water partition coefficient (Wildman–Crippen LogP) is 3.47. The summed E-state index contributed by atoms with van der Waals surface area (Å²) < 4.78 is 26.6. The summed E-state index contributed by atoms with van der Waals surface area (Å²) in [5.74, 6) is 0. The summed E-state index contributed by atoms with van der Waals surface area (Å²) in [6, 6.07) is 8.26. The molecule has 2 amide bonds. The first kappa shape index (κ1) is 16.9. The van der Waals surface area contributed by atoms with Gasteiger partial charge in [-0.15, -0.1) is 0 Å². The topological polar surface area (TPSA) is 87.3 Å². The van der Waals surface area contributed by atoms with E-state index >= 15 is 0 Å². The fraction of sp³-hybridized carbons (Fsp3) is 0.133. The zero-order chi connectivity index (χ0) is 17.3. The lowest BCUT2D eigenvalue weighted by atomic mass is 10.2. The Bertz CT molecular complexity index is 916. The number of hydrogen-bond donors (Lipinski definition) is 3. The van der Waals surface area contributed by atoms with Gasteiger partial charge in [-0.2, -0.15) is 0 Å². The number of anilines is 2. The molecule has 24 heavy (non-hydrogen) atoms. The first-order valence-corrected chi connectivity index (χ1v) is 9.25. The fourth-order valence-electron chi connectivity index (χ4n) is 2.36. The van der Waals surface area contributed by atoms with E-state index in [-0.39, 0.29) is 9.92 Å². The van der Waals surface area contributed by atoms with Crippen LogP contribution < -0.4 is 15.4 Å². The van der Waals surface area contributed by atoms with E-state index in [1.165, 1.54) is 24.3 Å². The fourth-order valence-corrected chi connectivity index (χ4v) is 3.62. The molecule has 3 N–H and O–H groups in total. The van der Waals surface area contributed by atoms with Crippen molar-refractivity contribution in [3.63, 3.8) is 0 Å². The Hall–Kier alpha value is -1.96. The summed E-state index contributed by atoms with van der Waals surface area (Å²) in [4.78, 5) is 12.0. The van der Waals surface area contributed by atoms with Crippen LogP contribution in [0.1, 0.15) is 5.56 Å². The molecule has 2 aromatic rings. The highest BCUT2D eigenvalue weighted by Crippen LogP contribution is 2.26.